The fourth-order valence-corrected chi connectivity index (χ4v) is 2.76. The number of hydrogen-bond donors (Lipinski definition) is 1. The molecule has 0 saturated heterocycles. The summed E-state index contributed by atoms with van der Waals surface area (Å²) in [6.45, 7) is 7.93. The molecule has 0 amide bonds. The van der Waals surface area contributed by atoms with E-state index in [2.05, 4.69) is 36.1 Å². The van der Waals surface area contributed by atoms with E-state index >= 15 is 0 Å². The van der Waals surface area contributed by atoms with Crippen LogP contribution in [-0.2, 0) is 6.54 Å². The van der Waals surface area contributed by atoms with Crippen LogP contribution in [0.2, 0.25) is 0 Å². The molecule has 0 heterocycles. The highest BCUT2D eigenvalue weighted by molar-refractivity contribution is 5.33. The molecule has 0 saturated carbocycles. The fraction of sp³-hybridized carbons (Fsp3) is 0.400. The number of nitrogens with zero attached hydrogens (tertiary/aromatic N) is 1. The van der Waals surface area contributed by atoms with Crippen molar-refractivity contribution in [1.82, 2.24) is 4.90 Å². The summed E-state index contributed by atoms with van der Waals surface area (Å²) >= 11 is 0. The predicted molar refractivity (Wildman–Crippen MR) is 94.9 cm³/mol. The van der Waals surface area contributed by atoms with E-state index in [9.17, 15) is 5.11 Å². The van der Waals surface area contributed by atoms with Crippen LogP contribution in [0.1, 0.15) is 22.3 Å². The maximum absolute atomic E-state index is 10.2. The normalized spacial score (nSPS) is 12.4. The summed E-state index contributed by atoms with van der Waals surface area (Å²) in [4.78, 5) is 2.12. The molecule has 1 unspecified atom stereocenters. The average molecular weight is 313 g/mol. The van der Waals surface area contributed by atoms with Crippen LogP contribution < -0.4 is 4.74 Å². The van der Waals surface area contributed by atoms with Gasteiger partial charge in [0, 0.05) is 13.1 Å². The zero-order chi connectivity index (χ0) is 16.8. The second-order valence-corrected chi connectivity index (χ2v) is 6.41. The molecule has 1 N–H and O–H groups in total. The molecule has 0 spiro atoms. The summed E-state index contributed by atoms with van der Waals surface area (Å²) in [6.07, 6.45) is -0.509. The van der Waals surface area contributed by atoms with Gasteiger partial charge < -0.3 is 9.84 Å². The Kier molecular flexibility index (Phi) is 6.20. The minimum absolute atomic E-state index is 0.307. The quantitative estimate of drug-likeness (QED) is 0.849. The van der Waals surface area contributed by atoms with Crippen molar-refractivity contribution in [3.8, 4) is 5.75 Å². The second-order valence-electron chi connectivity index (χ2n) is 6.41. The number of ether oxygens (including phenoxy) is 1. The Labute approximate surface area is 139 Å². The summed E-state index contributed by atoms with van der Waals surface area (Å²) in [5, 5.41) is 10.2. The average Bonchev–Trinajstić information content (AvgIpc) is 2.46. The van der Waals surface area contributed by atoms with Crippen molar-refractivity contribution in [2.75, 3.05) is 20.2 Å². The second kappa shape index (κ2) is 8.14. The van der Waals surface area contributed by atoms with Gasteiger partial charge in [-0.05, 0) is 62.2 Å². The van der Waals surface area contributed by atoms with Gasteiger partial charge in [0.15, 0.2) is 0 Å². The lowest BCUT2D eigenvalue weighted by atomic mass is 10.1. The molecule has 3 nitrogen and oxygen atoms in total. The molecule has 0 aliphatic carbocycles. The first-order chi connectivity index (χ1) is 10.9. The molecule has 0 aliphatic rings. The lowest BCUT2D eigenvalue weighted by Crippen LogP contribution is -2.33. The third-order valence-electron chi connectivity index (χ3n) is 3.86. The molecule has 1 atom stereocenters. The number of aliphatic hydroxyl groups is 1. The molecule has 3 heteroatoms. The Bertz CT molecular complexity index is 619. The van der Waals surface area contributed by atoms with Crippen molar-refractivity contribution in [3.05, 3.63) is 64.7 Å². The van der Waals surface area contributed by atoms with Crippen molar-refractivity contribution >= 4 is 0 Å². The summed E-state index contributed by atoms with van der Waals surface area (Å²) in [5.74, 6) is 0.822. The van der Waals surface area contributed by atoms with Crippen molar-refractivity contribution in [2.24, 2.45) is 0 Å². The van der Waals surface area contributed by atoms with Gasteiger partial charge in [0.25, 0.3) is 0 Å². The van der Waals surface area contributed by atoms with Gasteiger partial charge in [-0.15, -0.1) is 0 Å². The molecule has 0 bridgehead atoms. The summed E-state index contributed by atoms with van der Waals surface area (Å²) in [7, 11) is 2.02. The zero-order valence-electron chi connectivity index (χ0n) is 14.5. The summed E-state index contributed by atoms with van der Waals surface area (Å²) in [5.41, 5.74) is 4.91. The molecule has 23 heavy (non-hydrogen) atoms. The number of rotatable bonds is 7. The molecule has 0 radical (unpaired) electrons. The molecule has 2 aromatic carbocycles. The van der Waals surface area contributed by atoms with E-state index < -0.39 is 6.10 Å². The lowest BCUT2D eigenvalue weighted by molar-refractivity contribution is 0.0743. The van der Waals surface area contributed by atoms with E-state index in [1.54, 1.807) is 0 Å². The number of benzene rings is 2. The van der Waals surface area contributed by atoms with Crippen molar-refractivity contribution in [1.29, 1.82) is 0 Å². The van der Waals surface area contributed by atoms with Crippen LogP contribution in [0.25, 0.3) is 0 Å². The highest BCUT2D eigenvalue weighted by Crippen LogP contribution is 2.16. The molecular weight excluding hydrogens is 286 g/mol. The van der Waals surface area contributed by atoms with E-state index in [1.165, 1.54) is 22.3 Å². The Morgan fingerprint density at radius 3 is 2.35 bits per heavy atom. The fourth-order valence-electron chi connectivity index (χ4n) is 2.76. The van der Waals surface area contributed by atoms with Crippen LogP contribution in [0.15, 0.2) is 42.5 Å². The Morgan fingerprint density at radius 2 is 1.70 bits per heavy atom. The first-order valence-corrected chi connectivity index (χ1v) is 8.06. The molecule has 2 aromatic rings. The van der Waals surface area contributed by atoms with E-state index in [0.717, 1.165) is 12.3 Å². The van der Waals surface area contributed by atoms with Gasteiger partial charge in [0.05, 0.1) is 0 Å². The van der Waals surface area contributed by atoms with Crippen LogP contribution in [0.3, 0.4) is 0 Å². The van der Waals surface area contributed by atoms with Gasteiger partial charge in [-0.1, -0.05) is 30.3 Å². The van der Waals surface area contributed by atoms with Crippen LogP contribution in [0.4, 0.5) is 0 Å². The van der Waals surface area contributed by atoms with E-state index in [4.69, 9.17) is 4.74 Å². The molecule has 0 fully saturated rings. The predicted octanol–water partition coefficient (Wildman–Crippen LogP) is 3.48. The Morgan fingerprint density at radius 1 is 1.04 bits per heavy atom. The van der Waals surface area contributed by atoms with Crippen molar-refractivity contribution < 1.29 is 9.84 Å². The largest absolute Gasteiger partial charge is 0.491 e. The standard InChI is InChI=1S/C20H27NO2/c1-15-9-16(2)11-20(10-15)23-14-19(22)13-21(4)12-18-8-6-5-7-17(18)3/h5-11,19,22H,12-14H2,1-4H3. The van der Waals surface area contributed by atoms with Gasteiger partial charge in [0.2, 0.25) is 0 Å². The molecule has 0 aromatic heterocycles. The minimum Gasteiger partial charge on any atom is -0.491 e. The summed E-state index contributed by atoms with van der Waals surface area (Å²) in [6, 6.07) is 14.4. The van der Waals surface area contributed by atoms with Crippen LogP contribution >= 0.6 is 0 Å². The SMILES string of the molecule is Cc1cc(C)cc(OCC(O)CN(C)Cc2ccccc2C)c1. The first kappa shape index (κ1) is 17.5. The number of hydrogen-bond acceptors (Lipinski definition) is 3. The van der Waals surface area contributed by atoms with Gasteiger partial charge in [-0.25, -0.2) is 0 Å². The van der Waals surface area contributed by atoms with Gasteiger partial charge in [-0.3, -0.25) is 4.90 Å². The first-order valence-electron chi connectivity index (χ1n) is 8.06. The van der Waals surface area contributed by atoms with Crippen LogP contribution in [0, 0.1) is 20.8 Å². The highest BCUT2D eigenvalue weighted by Gasteiger charge is 2.11. The number of aryl methyl sites for hydroxylation is 3. The third-order valence-corrected chi connectivity index (χ3v) is 3.86. The molecule has 0 aliphatic heterocycles. The molecule has 2 rings (SSSR count). The van der Waals surface area contributed by atoms with Gasteiger partial charge in [-0.2, -0.15) is 0 Å². The Hall–Kier alpha value is -1.84. The zero-order valence-corrected chi connectivity index (χ0v) is 14.5. The van der Waals surface area contributed by atoms with E-state index in [1.807, 2.05) is 39.1 Å². The number of likely N-dealkylation sites (N-methyl/N-ethyl adjacent to an activating group) is 1. The topological polar surface area (TPSA) is 32.7 Å². The number of aliphatic hydroxyl groups excluding tert-OH is 1. The third kappa shape index (κ3) is 5.70. The van der Waals surface area contributed by atoms with Crippen molar-refractivity contribution in [3.63, 3.8) is 0 Å². The van der Waals surface area contributed by atoms with E-state index in [-0.39, 0.29) is 0 Å². The van der Waals surface area contributed by atoms with Crippen LogP contribution in [0.5, 0.6) is 5.75 Å². The van der Waals surface area contributed by atoms with Crippen molar-refractivity contribution in [2.45, 2.75) is 33.4 Å². The molecule has 124 valence electrons. The summed E-state index contributed by atoms with van der Waals surface area (Å²) < 4.78 is 5.73. The monoisotopic (exact) mass is 313 g/mol. The van der Waals surface area contributed by atoms with Gasteiger partial charge >= 0.3 is 0 Å². The smallest absolute Gasteiger partial charge is 0.119 e. The minimum atomic E-state index is -0.509. The lowest BCUT2D eigenvalue weighted by Gasteiger charge is -2.21. The van der Waals surface area contributed by atoms with Crippen LogP contribution in [-0.4, -0.2) is 36.3 Å². The maximum Gasteiger partial charge on any atom is 0.119 e. The Balaban J connectivity index is 1.82. The van der Waals surface area contributed by atoms with E-state index in [0.29, 0.717) is 13.2 Å². The molecular formula is C20H27NO2. The highest BCUT2D eigenvalue weighted by atomic mass is 16.5. The van der Waals surface area contributed by atoms with Gasteiger partial charge in [0.1, 0.15) is 18.5 Å². The maximum atomic E-state index is 10.2.